The van der Waals surface area contributed by atoms with Gasteiger partial charge in [0.2, 0.25) is 0 Å². The molecule has 7 heteroatoms. The van der Waals surface area contributed by atoms with E-state index in [1.165, 1.54) is 0 Å². The van der Waals surface area contributed by atoms with Gasteiger partial charge in [0.25, 0.3) is 0 Å². The number of amides is 2. The number of carbonyl (C=O) groups is 2. The summed E-state index contributed by atoms with van der Waals surface area (Å²) < 4.78 is 0. The van der Waals surface area contributed by atoms with Crippen molar-refractivity contribution in [2.24, 2.45) is 11.5 Å². The van der Waals surface area contributed by atoms with Gasteiger partial charge >= 0.3 is 12.0 Å². The van der Waals surface area contributed by atoms with Gasteiger partial charge in [-0.1, -0.05) is 0 Å². The van der Waals surface area contributed by atoms with Crippen molar-refractivity contribution in [3.05, 3.63) is 0 Å². The number of nitrogens with one attached hydrogen (secondary N) is 2. The third-order valence-corrected chi connectivity index (χ3v) is 1.49. The standard InChI is InChI=1S/C7H16N4O3/c8-2-4-11-7(14)10-3-1-5(9)6(12)13/h5H,1-4,8-9H2,(H,12,13)(H2,10,11,14)/t5-/m0/s1. The molecule has 0 aromatic carbocycles. The summed E-state index contributed by atoms with van der Waals surface area (Å²) >= 11 is 0. The van der Waals surface area contributed by atoms with E-state index in [9.17, 15) is 9.59 Å². The van der Waals surface area contributed by atoms with E-state index in [2.05, 4.69) is 10.6 Å². The molecular formula is C7H16N4O3. The highest BCUT2D eigenvalue weighted by molar-refractivity contribution is 5.74. The Bertz CT molecular complexity index is 197. The smallest absolute Gasteiger partial charge is 0.320 e. The minimum absolute atomic E-state index is 0.200. The van der Waals surface area contributed by atoms with Gasteiger partial charge in [-0.05, 0) is 6.42 Å². The molecule has 0 unspecified atom stereocenters. The van der Waals surface area contributed by atoms with Crippen LogP contribution in [-0.2, 0) is 4.79 Å². The predicted octanol–water partition coefficient (Wildman–Crippen LogP) is -1.95. The van der Waals surface area contributed by atoms with Gasteiger partial charge in [-0.2, -0.15) is 0 Å². The van der Waals surface area contributed by atoms with E-state index in [1.807, 2.05) is 0 Å². The minimum atomic E-state index is -1.07. The molecule has 0 aromatic heterocycles. The van der Waals surface area contributed by atoms with Crippen molar-refractivity contribution in [1.29, 1.82) is 0 Å². The van der Waals surface area contributed by atoms with E-state index >= 15 is 0 Å². The first-order chi connectivity index (χ1) is 6.57. The second kappa shape index (κ2) is 7.10. The van der Waals surface area contributed by atoms with Crippen molar-refractivity contribution in [1.82, 2.24) is 10.6 Å². The largest absolute Gasteiger partial charge is 0.480 e. The SMILES string of the molecule is NCCNC(=O)NCC[C@H](N)C(=O)O. The molecule has 0 spiro atoms. The van der Waals surface area contributed by atoms with Crippen LogP contribution in [0.15, 0.2) is 0 Å². The van der Waals surface area contributed by atoms with E-state index < -0.39 is 12.0 Å². The number of urea groups is 1. The Labute approximate surface area is 81.8 Å². The Balaban J connectivity index is 3.44. The van der Waals surface area contributed by atoms with Crippen LogP contribution in [0, 0.1) is 0 Å². The summed E-state index contributed by atoms with van der Waals surface area (Å²) in [4.78, 5) is 21.2. The number of hydrogen-bond acceptors (Lipinski definition) is 4. The summed E-state index contributed by atoms with van der Waals surface area (Å²) in [5.41, 5.74) is 10.4. The highest BCUT2D eigenvalue weighted by Gasteiger charge is 2.10. The molecule has 14 heavy (non-hydrogen) atoms. The molecule has 7 nitrogen and oxygen atoms in total. The monoisotopic (exact) mass is 204 g/mol. The maximum Gasteiger partial charge on any atom is 0.320 e. The number of carbonyl (C=O) groups excluding carboxylic acids is 1. The van der Waals surface area contributed by atoms with Crippen molar-refractivity contribution in [3.63, 3.8) is 0 Å². The minimum Gasteiger partial charge on any atom is -0.480 e. The van der Waals surface area contributed by atoms with E-state index in [4.69, 9.17) is 16.6 Å². The average molecular weight is 204 g/mol. The molecule has 0 aromatic rings. The average Bonchev–Trinajstić information content (AvgIpc) is 2.14. The molecule has 0 saturated heterocycles. The summed E-state index contributed by atoms with van der Waals surface area (Å²) in [5.74, 6) is -1.07. The summed E-state index contributed by atoms with van der Waals surface area (Å²) in [6.07, 6.45) is 0.200. The van der Waals surface area contributed by atoms with E-state index in [-0.39, 0.29) is 19.0 Å². The fourth-order valence-electron chi connectivity index (χ4n) is 0.713. The number of carboxylic acids is 1. The maximum atomic E-state index is 10.9. The van der Waals surface area contributed by atoms with Gasteiger partial charge in [0.15, 0.2) is 0 Å². The third-order valence-electron chi connectivity index (χ3n) is 1.49. The van der Waals surface area contributed by atoms with Crippen molar-refractivity contribution >= 4 is 12.0 Å². The van der Waals surface area contributed by atoms with Gasteiger partial charge in [0.05, 0.1) is 0 Å². The van der Waals surface area contributed by atoms with Crippen LogP contribution in [0.1, 0.15) is 6.42 Å². The molecule has 0 heterocycles. The molecule has 0 saturated carbocycles. The van der Waals surface area contributed by atoms with Gasteiger partial charge in [0.1, 0.15) is 6.04 Å². The lowest BCUT2D eigenvalue weighted by Crippen LogP contribution is -2.41. The third kappa shape index (κ3) is 6.21. The van der Waals surface area contributed by atoms with E-state index in [0.717, 1.165) is 0 Å². The zero-order valence-corrected chi connectivity index (χ0v) is 7.82. The molecule has 0 aliphatic carbocycles. The van der Waals surface area contributed by atoms with Crippen LogP contribution in [0.4, 0.5) is 4.79 Å². The normalized spacial score (nSPS) is 11.9. The fourth-order valence-corrected chi connectivity index (χ4v) is 0.713. The molecule has 0 bridgehead atoms. The van der Waals surface area contributed by atoms with Crippen molar-refractivity contribution in [3.8, 4) is 0 Å². The summed E-state index contributed by atoms with van der Waals surface area (Å²) in [6, 6.07) is -1.31. The van der Waals surface area contributed by atoms with Gasteiger partial charge < -0.3 is 27.2 Å². The first-order valence-corrected chi connectivity index (χ1v) is 4.28. The molecule has 1 atom stereocenters. The Morgan fingerprint density at radius 3 is 2.36 bits per heavy atom. The zero-order chi connectivity index (χ0) is 11.0. The lowest BCUT2D eigenvalue weighted by Gasteiger charge is -2.08. The summed E-state index contributed by atoms with van der Waals surface area (Å²) in [5, 5.41) is 13.3. The molecule has 0 radical (unpaired) electrons. The first kappa shape index (κ1) is 12.7. The van der Waals surface area contributed by atoms with Crippen LogP contribution in [-0.4, -0.2) is 42.8 Å². The zero-order valence-electron chi connectivity index (χ0n) is 7.82. The van der Waals surface area contributed by atoms with Gasteiger partial charge in [-0.3, -0.25) is 4.79 Å². The van der Waals surface area contributed by atoms with Crippen molar-refractivity contribution in [2.75, 3.05) is 19.6 Å². The van der Waals surface area contributed by atoms with Crippen LogP contribution >= 0.6 is 0 Å². The highest BCUT2D eigenvalue weighted by atomic mass is 16.4. The molecule has 2 amide bonds. The van der Waals surface area contributed by atoms with Crippen LogP contribution in [0.5, 0.6) is 0 Å². The number of carboxylic acid groups (broad SMARTS) is 1. The first-order valence-electron chi connectivity index (χ1n) is 4.28. The van der Waals surface area contributed by atoms with Gasteiger partial charge in [-0.25, -0.2) is 4.79 Å². The topological polar surface area (TPSA) is 130 Å². The fraction of sp³-hybridized carbons (Fsp3) is 0.714. The van der Waals surface area contributed by atoms with Crippen LogP contribution in [0.3, 0.4) is 0 Å². The Kier molecular flexibility index (Phi) is 6.42. The Morgan fingerprint density at radius 2 is 1.86 bits per heavy atom. The van der Waals surface area contributed by atoms with Gasteiger partial charge in [-0.15, -0.1) is 0 Å². The maximum absolute atomic E-state index is 10.9. The summed E-state index contributed by atoms with van der Waals surface area (Å²) in [6.45, 7) is 0.975. The van der Waals surface area contributed by atoms with E-state index in [0.29, 0.717) is 13.1 Å². The molecular weight excluding hydrogens is 188 g/mol. The van der Waals surface area contributed by atoms with Crippen molar-refractivity contribution in [2.45, 2.75) is 12.5 Å². The van der Waals surface area contributed by atoms with Crippen LogP contribution in [0.25, 0.3) is 0 Å². The molecule has 0 aliphatic rings. The van der Waals surface area contributed by atoms with Crippen molar-refractivity contribution < 1.29 is 14.7 Å². The number of aliphatic carboxylic acids is 1. The highest BCUT2D eigenvalue weighted by Crippen LogP contribution is 1.85. The lowest BCUT2D eigenvalue weighted by molar-refractivity contribution is -0.138. The number of rotatable bonds is 6. The predicted molar refractivity (Wildman–Crippen MR) is 50.7 cm³/mol. The van der Waals surface area contributed by atoms with Crippen LogP contribution in [0.2, 0.25) is 0 Å². The molecule has 82 valence electrons. The molecule has 0 aliphatic heterocycles. The lowest BCUT2D eigenvalue weighted by atomic mass is 10.2. The Morgan fingerprint density at radius 1 is 1.29 bits per heavy atom. The molecule has 0 fully saturated rings. The molecule has 0 rings (SSSR count). The second-order valence-electron chi connectivity index (χ2n) is 2.70. The number of nitrogens with two attached hydrogens (primary N) is 2. The van der Waals surface area contributed by atoms with Gasteiger partial charge in [0, 0.05) is 19.6 Å². The quantitative estimate of drug-likeness (QED) is 0.343. The second-order valence-corrected chi connectivity index (χ2v) is 2.70. The Hall–Kier alpha value is -1.34. The summed E-state index contributed by atoms with van der Waals surface area (Å²) in [7, 11) is 0. The molecule has 7 N–H and O–H groups in total. The van der Waals surface area contributed by atoms with Crippen LogP contribution < -0.4 is 22.1 Å². The number of hydrogen-bond donors (Lipinski definition) is 5. The van der Waals surface area contributed by atoms with E-state index in [1.54, 1.807) is 0 Å².